The predicted octanol–water partition coefficient (Wildman–Crippen LogP) is 1.69. The summed E-state index contributed by atoms with van der Waals surface area (Å²) in [5, 5.41) is 11.4. The van der Waals surface area contributed by atoms with Crippen molar-refractivity contribution in [3.8, 4) is 11.5 Å². The van der Waals surface area contributed by atoms with Gasteiger partial charge in [0.25, 0.3) is 5.91 Å². The highest BCUT2D eigenvalue weighted by Crippen LogP contribution is 2.28. The van der Waals surface area contributed by atoms with Crippen molar-refractivity contribution >= 4 is 11.9 Å². The summed E-state index contributed by atoms with van der Waals surface area (Å²) >= 11 is 0. The monoisotopic (exact) mass is 281 g/mol. The van der Waals surface area contributed by atoms with Crippen molar-refractivity contribution in [2.24, 2.45) is 0 Å². The Kier molecular flexibility index (Phi) is 5.83. The van der Waals surface area contributed by atoms with Crippen LogP contribution in [0.3, 0.4) is 0 Å². The molecule has 1 rings (SSSR count). The quantitative estimate of drug-likeness (QED) is 0.794. The third-order valence-electron chi connectivity index (χ3n) is 2.74. The van der Waals surface area contributed by atoms with Gasteiger partial charge in [0.1, 0.15) is 6.04 Å². The Bertz CT molecular complexity index is 486. The maximum absolute atomic E-state index is 12.0. The molecule has 0 aliphatic heterocycles. The number of amides is 1. The van der Waals surface area contributed by atoms with E-state index in [0.29, 0.717) is 30.1 Å². The summed E-state index contributed by atoms with van der Waals surface area (Å²) in [6.07, 6.45) is 0.315. The molecule has 2 N–H and O–H groups in total. The molecular weight excluding hydrogens is 262 g/mol. The van der Waals surface area contributed by atoms with Crippen molar-refractivity contribution in [1.82, 2.24) is 5.32 Å². The number of hydrogen-bond acceptors (Lipinski definition) is 4. The van der Waals surface area contributed by atoms with E-state index in [4.69, 9.17) is 14.6 Å². The normalized spacial score (nSPS) is 11.6. The Hall–Kier alpha value is -2.24. The van der Waals surface area contributed by atoms with Gasteiger partial charge in [-0.2, -0.15) is 0 Å². The second-order valence-corrected chi connectivity index (χ2v) is 4.07. The van der Waals surface area contributed by atoms with Crippen molar-refractivity contribution in [2.45, 2.75) is 26.3 Å². The Labute approximate surface area is 117 Å². The number of benzene rings is 1. The molecule has 6 heteroatoms. The molecule has 0 aliphatic carbocycles. The van der Waals surface area contributed by atoms with E-state index in [1.54, 1.807) is 19.1 Å². The number of rotatable bonds is 7. The molecule has 0 aliphatic rings. The summed E-state index contributed by atoms with van der Waals surface area (Å²) in [4.78, 5) is 22.9. The first kappa shape index (κ1) is 15.8. The van der Waals surface area contributed by atoms with Gasteiger partial charge in [0.05, 0.1) is 13.7 Å². The second kappa shape index (κ2) is 7.37. The molecule has 1 aromatic carbocycles. The van der Waals surface area contributed by atoms with Crippen LogP contribution in [0.1, 0.15) is 30.6 Å². The van der Waals surface area contributed by atoms with Gasteiger partial charge in [-0.05, 0) is 31.5 Å². The van der Waals surface area contributed by atoms with Gasteiger partial charge < -0.3 is 19.9 Å². The average Bonchev–Trinajstić information content (AvgIpc) is 2.44. The van der Waals surface area contributed by atoms with Crippen LogP contribution in [-0.4, -0.2) is 36.7 Å². The standard InChI is InChI=1S/C14H19NO5/c1-4-10(14(17)18)15-13(16)9-6-7-11(19-3)12(8-9)20-5-2/h6-8,10H,4-5H2,1-3H3,(H,15,16)(H,17,18). The van der Waals surface area contributed by atoms with Gasteiger partial charge in [-0.3, -0.25) is 4.79 Å². The first-order valence-corrected chi connectivity index (χ1v) is 6.37. The van der Waals surface area contributed by atoms with E-state index in [-0.39, 0.29) is 0 Å². The maximum atomic E-state index is 12.0. The third-order valence-corrected chi connectivity index (χ3v) is 2.74. The summed E-state index contributed by atoms with van der Waals surface area (Å²) in [6.45, 7) is 3.95. The van der Waals surface area contributed by atoms with Crippen LogP contribution >= 0.6 is 0 Å². The third kappa shape index (κ3) is 3.88. The van der Waals surface area contributed by atoms with E-state index < -0.39 is 17.9 Å². The molecule has 0 saturated carbocycles. The van der Waals surface area contributed by atoms with Crippen molar-refractivity contribution in [3.05, 3.63) is 23.8 Å². The lowest BCUT2D eigenvalue weighted by Crippen LogP contribution is -2.40. The minimum atomic E-state index is -1.06. The molecule has 0 heterocycles. The van der Waals surface area contributed by atoms with Crippen LogP contribution in [0.15, 0.2) is 18.2 Å². The Morgan fingerprint density at radius 1 is 1.30 bits per heavy atom. The average molecular weight is 281 g/mol. The summed E-state index contributed by atoms with van der Waals surface area (Å²) in [5.74, 6) is -0.540. The van der Waals surface area contributed by atoms with Gasteiger partial charge >= 0.3 is 5.97 Å². The van der Waals surface area contributed by atoms with Crippen LogP contribution in [-0.2, 0) is 4.79 Å². The number of methoxy groups -OCH3 is 1. The van der Waals surface area contributed by atoms with Gasteiger partial charge in [-0.25, -0.2) is 4.79 Å². The second-order valence-electron chi connectivity index (χ2n) is 4.07. The fraction of sp³-hybridized carbons (Fsp3) is 0.429. The smallest absolute Gasteiger partial charge is 0.326 e. The van der Waals surface area contributed by atoms with E-state index in [0.717, 1.165) is 0 Å². The van der Waals surface area contributed by atoms with Crippen LogP contribution < -0.4 is 14.8 Å². The molecule has 0 radical (unpaired) electrons. The van der Waals surface area contributed by atoms with Gasteiger partial charge in [0, 0.05) is 5.56 Å². The number of carbonyl (C=O) groups is 2. The van der Waals surface area contributed by atoms with Crippen LogP contribution in [0, 0.1) is 0 Å². The highest BCUT2D eigenvalue weighted by Gasteiger charge is 2.19. The zero-order valence-corrected chi connectivity index (χ0v) is 11.8. The predicted molar refractivity (Wildman–Crippen MR) is 73.3 cm³/mol. The fourth-order valence-electron chi connectivity index (χ4n) is 1.67. The minimum absolute atomic E-state index is 0.315. The topological polar surface area (TPSA) is 84.9 Å². The first-order valence-electron chi connectivity index (χ1n) is 6.37. The molecule has 1 unspecified atom stereocenters. The maximum Gasteiger partial charge on any atom is 0.326 e. The first-order chi connectivity index (χ1) is 9.53. The Morgan fingerprint density at radius 2 is 2.00 bits per heavy atom. The number of carboxylic acids is 1. The molecule has 1 amide bonds. The summed E-state index contributed by atoms with van der Waals surface area (Å²) in [6, 6.07) is 3.80. The van der Waals surface area contributed by atoms with Gasteiger partial charge in [-0.15, -0.1) is 0 Å². The minimum Gasteiger partial charge on any atom is -0.493 e. The Morgan fingerprint density at radius 3 is 2.50 bits per heavy atom. The number of ether oxygens (including phenoxy) is 2. The van der Waals surface area contributed by atoms with Crippen LogP contribution in [0.5, 0.6) is 11.5 Å². The summed E-state index contributed by atoms with van der Waals surface area (Å²) in [7, 11) is 1.51. The zero-order valence-electron chi connectivity index (χ0n) is 11.8. The van der Waals surface area contributed by atoms with Crippen molar-refractivity contribution in [2.75, 3.05) is 13.7 Å². The molecule has 0 fully saturated rings. The van der Waals surface area contributed by atoms with Crippen LogP contribution in [0.4, 0.5) is 0 Å². The number of carbonyl (C=O) groups excluding carboxylic acids is 1. The fourth-order valence-corrected chi connectivity index (χ4v) is 1.67. The SMILES string of the molecule is CCOc1cc(C(=O)NC(CC)C(=O)O)ccc1OC. The number of carboxylic acid groups (broad SMARTS) is 1. The lowest BCUT2D eigenvalue weighted by atomic mass is 10.1. The molecule has 0 spiro atoms. The molecule has 0 bridgehead atoms. The Balaban J connectivity index is 2.93. The molecule has 6 nitrogen and oxygen atoms in total. The molecule has 1 atom stereocenters. The number of aliphatic carboxylic acids is 1. The molecule has 110 valence electrons. The van der Waals surface area contributed by atoms with Gasteiger partial charge in [0.2, 0.25) is 0 Å². The summed E-state index contributed by atoms with van der Waals surface area (Å²) < 4.78 is 10.5. The van der Waals surface area contributed by atoms with Crippen LogP contribution in [0.25, 0.3) is 0 Å². The van der Waals surface area contributed by atoms with Crippen LogP contribution in [0.2, 0.25) is 0 Å². The molecule has 0 aromatic heterocycles. The highest BCUT2D eigenvalue weighted by molar-refractivity contribution is 5.97. The van der Waals surface area contributed by atoms with Crippen molar-refractivity contribution < 1.29 is 24.2 Å². The zero-order chi connectivity index (χ0) is 15.1. The molecule has 0 saturated heterocycles. The van der Waals surface area contributed by atoms with Gasteiger partial charge in [0.15, 0.2) is 11.5 Å². The van der Waals surface area contributed by atoms with Gasteiger partial charge in [-0.1, -0.05) is 6.92 Å². The highest BCUT2D eigenvalue weighted by atomic mass is 16.5. The lowest BCUT2D eigenvalue weighted by molar-refractivity contribution is -0.139. The van der Waals surface area contributed by atoms with E-state index in [2.05, 4.69) is 5.32 Å². The molecule has 1 aromatic rings. The summed E-state index contributed by atoms with van der Waals surface area (Å²) in [5.41, 5.74) is 0.328. The van der Waals surface area contributed by atoms with E-state index in [1.807, 2.05) is 6.92 Å². The number of hydrogen-bond donors (Lipinski definition) is 2. The van der Waals surface area contributed by atoms with E-state index in [1.165, 1.54) is 13.2 Å². The van der Waals surface area contributed by atoms with Crippen molar-refractivity contribution in [1.29, 1.82) is 0 Å². The molecular formula is C14H19NO5. The lowest BCUT2D eigenvalue weighted by Gasteiger charge is -2.14. The largest absolute Gasteiger partial charge is 0.493 e. The molecule has 20 heavy (non-hydrogen) atoms. The van der Waals surface area contributed by atoms with Crippen molar-refractivity contribution in [3.63, 3.8) is 0 Å². The van der Waals surface area contributed by atoms with E-state index in [9.17, 15) is 9.59 Å². The number of nitrogens with one attached hydrogen (secondary N) is 1. The van der Waals surface area contributed by atoms with E-state index >= 15 is 0 Å².